The van der Waals surface area contributed by atoms with Gasteiger partial charge in [-0.1, -0.05) is 44.1 Å². The number of aliphatic hydroxyl groups is 1. The highest BCUT2D eigenvalue weighted by atomic mass is 16.2. The second kappa shape index (κ2) is 9.17. The summed E-state index contributed by atoms with van der Waals surface area (Å²) in [6.45, 7) is 3.95. The Morgan fingerprint density at radius 1 is 1.30 bits per heavy atom. The lowest BCUT2D eigenvalue weighted by molar-refractivity contribution is -0.116. The molecule has 0 saturated heterocycles. The molecule has 1 rings (SSSR count). The Labute approximate surface area is 121 Å². The summed E-state index contributed by atoms with van der Waals surface area (Å²) in [7, 11) is 0. The van der Waals surface area contributed by atoms with Gasteiger partial charge in [0.1, 0.15) is 6.61 Å². The average Bonchev–Trinajstić information content (AvgIpc) is 2.44. The van der Waals surface area contributed by atoms with E-state index in [1.807, 2.05) is 25.1 Å². The van der Waals surface area contributed by atoms with Crippen molar-refractivity contribution < 1.29 is 9.90 Å². The Bertz CT molecular complexity index is 497. The van der Waals surface area contributed by atoms with E-state index in [0.29, 0.717) is 6.42 Å². The number of unbranched alkanes of at least 4 members (excludes halogenated alkanes) is 3. The van der Waals surface area contributed by atoms with E-state index in [1.165, 1.54) is 12.8 Å². The fourth-order valence-electron chi connectivity index (χ4n) is 1.90. The van der Waals surface area contributed by atoms with Crippen LogP contribution in [0, 0.1) is 18.8 Å². The highest BCUT2D eigenvalue weighted by Crippen LogP contribution is 2.17. The van der Waals surface area contributed by atoms with Crippen molar-refractivity contribution in [1.82, 2.24) is 0 Å². The quantitative estimate of drug-likeness (QED) is 0.617. The van der Waals surface area contributed by atoms with E-state index < -0.39 is 0 Å². The Morgan fingerprint density at radius 3 is 2.80 bits per heavy atom. The first-order chi connectivity index (χ1) is 9.67. The number of hydrogen-bond acceptors (Lipinski definition) is 2. The molecular weight excluding hydrogens is 250 g/mol. The maximum atomic E-state index is 11.9. The van der Waals surface area contributed by atoms with Crippen LogP contribution >= 0.6 is 0 Å². The van der Waals surface area contributed by atoms with E-state index in [1.54, 1.807) is 0 Å². The van der Waals surface area contributed by atoms with E-state index in [4.69, 9.17) is 5.11 Å². The number of benzene rings is 1. The van der Waals surface area contributed by atoms with E-state index >= 15 is 0 Å². The lowest BCUT2D eigenvalue weighted by Gasteiger charge is -2.09. The maximum absolute atomic E-state index is 11.9. The molecule has 1 aromatic carbocycles. The fraction of sp³-hybridized carbons (Fsp3) is 0.471. The number of aryl methyl sites for hydroxylation is 1. The van der Waals surface area contributed by atoms with Crippen LogP contribution in [0.15, 0.2) is 18.2 Å². The van der Waals surface area contributed by atoms with Gasteiger partial charge in [-0.25, -0.2) is 0 Å². The van der Waals surface area contributed by atoms with E-state index in [9.17, 15) is 4.79 Å². The summed E-state index contributed by atoms with van der Waals surface area (Å²) in [6.07, 6.45) is 4.95. The van der Waals surface area contributed by atoms with Crippen LogP contribution in [-0.4, -0.2) is 17.6 Å². The SMILES string of the molecule is CCCCCCC(=O)Nc1cc(C#CCO)ccc1C. The lowest BCUT2D eigenvalue weighted by atomic mass is 10.1. The predicted molar refractivity (Wildman–Crippen MR) is 82.5 cm³/mol. The number of carbonyl (C=O) groups is 1. The average molecular weight is 273 g/mol. The van der Waals surface area contributed by atoms with Gasteiger partial charge in [-0.2, -0.15) is 0 Å². The third-order valence-corrected chi connectivity index (χ3v) is 3.08. The number of rotatable bonds is 6. The minimum atomic E-state index is -0.160. The molecule has 108 valence electrons. The van der Waals surface area contributed by atoms with Crippen molar-refractivity contribution in [3.8, 4) is 11.8 Å². The lowest BCUT2D eigenvalue weighted by Crippen LogP contribution is -2.12. The van der Waals surface area contributed by atoms with Crippen LogP contribution in [0.3, 0.4) is 0 Å². The molecule has 0 radical (unpaired) electrons. The Balaban J connectivity index is 2.59. The minimum Gasteiger partial charge on any atom is -0.384 e. The zero-order valence-electron chi connectivity index (χ0n) is 12.3. The number of aliphatic hydroxyl groups excluding tert-OH is 1. The monoisotopic (exact) mass is 273 g/mol. The second-order valence-corrected chi connectivity index (χ2v) is 4.85. The molecule has 0 spiro atoms. The van der Waals surface area contributed by atoms with Gasteiger partial charge in [-0.15, -0.1) is 0 Å². The number of carbonyl (C=O) groups excluding carboxylic acids is 1. The van der Waals surface area contributed by atoms with Gasteiger partial charge >= 0.3 is 0 Å². The third-order valence-electron chi connectivity index (χ3n) is 3.08. The summed E-state index contributed by atoms with van der Waals surface area (Å²) in [6, 6.07) is 5.66. The summed E-state index contributed by atoms with van der Waals surface area (Å²) in [4.78, 5) is 11.9. The minimum absolute atomic E-state index is 0.0523. The van der Waals surface area contributed by atoms with Crippen molar-refractivity contribution in [1.29, 1.82) is 0 Å². The largest absolute Gasteiger partial charge is 0.384 e. The van der Waals surface area contributed by atoms with Crippen LogP contribution in [0.2, 0.25) is 0 Å². The first-order valence-corrected chi connectivity index (χ1v) is 7.17. The molecule has 0 heterocycles. The number of amides is 1. The first kappa shape index (κ1) is 16.3. The fourth-order valence-corrected chi connectivity index (χ4v) is 1.90. The Morgan fingerprint density at radius 2 is 2.10 bits per heavy atom. The molecule has 0 aliphatic heterocycles. The molecule has 3 heteroatoms. The first-order valence-electron chi connectivity index (χ1n) is 7.17. The van der Waals surface area contributed by atoms with Crippen LogP contribution in [-0.2, 0) is 4.79 Å². The molecule has 0 unspecified atom stereocenters. The Kier molecular flexibility index (Phi) is 7.46. The highest BCUT2D eigenvalue weighted by Gasteiger charge is 2.05. The maximum Gasteiger partial charge on any atom is 0.224 e. The normalized spacial score (nSPS) is 9.75. The second-order valence-electron chi connectivity index (χ2n) is 4.85. The van der Waals surface area contributed by atoms with Crippen LogP contribution in [0.4, 0.5) is 5.69 Å². The van der Waals surface area contributed by atoms with Crippen LogP contribution in [0.5, 0.6) is 0 Å². The van der Waals surface area contributed by atoms with Gasteiger partial charge in [0, 0.05) is 17.7 Å². The molecule has 20 heavy (non-hydrogen) atoms. The van der Waals surface area contributed by atoms with Gasteiger partial charge < -0.3 is 10.4 Å². The predicted octanol–water partition coefficient (Wildman–Crippen LogP) is 3.25. The van der Waals surface area contributed by atoms with Crippen molar-refractivity contribution in [2.75, 3.05) is 11.9 Å². The van der Waals surface area contributed by atoms with Crippen molar-refractivity contribution >= 4 is 11.6 Å². The topological polar surface area (TPSA) is 49.3 Å². The van der Waals surface area contributed by atoms with Gasteiger partial charge in [-0.05, 0) is 31.0 Å². The molecule has 0 bridgehead atoms. The molecule has 0 aromatic heterocycles. The van der Waals surface area contributed by atoms with Crippen molar-refractivity contribution in [2.45, 2.75) is 46.0 Å². The summed E-state index contributed by atoms with van der Waals surface area (Å²) < 4.78 is 0. The summed E-state index contributed by atoms with van der Waals surface area (Å²) in [5.74, 6) is 5.50. The standard InChI is InChI=1S/C17H23NO2/c1-3-4-5-6-9-17(20)18-16-13-15(8-7-12-19)11-10-14(16)2/h10-11,13,19H,3-6,9,12H2,1-2H3,(H,18,20). The van der Waals surface area contributed by atoms with E-state index in [2.05, 4.69) is 24.1 Å². The summed E-state index contributed by atoms with van der Waals surface area (Å²) in [5, 5.41) is 11.6. The summed E-state index contributed by atoms with van der Waals surface area (Å²) in [5.41, 5.74) is 2.61. The van der Waals surface area contributed by atoms with Gasteiger partial charge in [0.05, 0.1) is 0 Å². The molecule has 0 saturated carbocycles. The van der Waals surface area contributed by atoms with Gasteiger partial charge in [0.2, 0.25) is 5.91 Å². The van der Waals surface area contributed by atoms with Gasteiger partial charge in [0.15, 0.2) is 0 Å². The van der Waals surface area contributed by atoms with Crippen molar-refractivity contribution in [3.63, 3.8) is 0 Å². The molecule has 0 aliphatic carbocycles. The van der Waals surface area contributed by atoms with Gasteiger partial charge in [-0.3, -0.25) is 4.79 Å². The van der Waals surface area contributed by atoms with Crippen LogP contribution in [0.1, 0.15) is 50.2 Å². The smallest absolute Gasteiger partial charge is 0.224 e. The highest BCUT2D eigenvalue weighted by molar-refractivity contribution is 5.91. The van der Waals surface area contributed by atoms with E-state index in [-0.39, 0.29) is 12.5 Å². The molecule has 2 N–H and O–H groups in total. The molecule has 0 fully saturated rings. The van der Waals surface area contributed by atoms with Crippen LogP contribution in [0.25, 0.3) is 0 Å². The van der Waals surface area contributed by atoms with Crippen molar-refractivity contribution in [3.05, 3.63) is 29.3 Å². The number of anilines is 1. The molecule has 0 aliphatic rings. The molecule has 0 atom stereocenters. The molecule has 3 nitrogen and oxygen atoms in total. The van der Waals surface area contributed by atoms with Gasteiger partial charge in [0.25, 0.3) is 0 Å². The molecule has 1 aromatic rings. The Hall–Kier alpha value is -1.79. The zero-order chi connectivity index (χ0) is 14.8. The van der Waals surface area contributed by atoms with E-state index in [0.717, 1.165) is 29.7 Å². The van der Waals surface area contributed by atoms with Crippen molar-refractivity contribution in [2.24, 2.45) is 0 Å². The zero-order valence-corrected chi connectivity index (χ0v) is 12.3. The molecular formula is C17H23NO2. The summed E-state index contributed by atoms with van der Waals surface area (Å²) >= 11 is 0. The van der Waals surface area contributed by atoms with Crippen LogP contribution < -0.4 is 5.32 Å². The number of hydrogen-bond donors (Lipinski definition) is 2. The number of nitrogens with one attached hydrogen (secondary N) is 1. The molecule has 1 amide bonds. The third kappa shape index (κ3) is 5.90.